The van der Waals surface area contributed by atoms with Gasteiger partial charge in [-0.15, -0.1) is 0 Å². The highest BCUT2D eigenvalue weighted by Crippen LogP contribution is 2.33. The summed E-state index contributed by atoms with van der Waals surface area (Å²) in [6.45, 7) is 5.37. The van der Waals surface area contributed by atoms with E-state index in [1.54, 1.807) is 37.6 Å². The van der Waals surface area contributed by atoms with Crippen molar-refractivity contribution >= 4 is 32.7 Å². The Kier molecular flexibility index (Phi) is 6.12. The van der Waals surface area contributed by atoms with Crippen LogP contribution in [0.4, 0.5) is 5.82 Å². The zero-order valence-electron chi connectivity index (χ0n) is 19.0. The minimum Gasteiger partial charge on any atom is -0.458 e. The van der Waals surface area contributed by atoms with E-state index in [0.29, 0.717) is 54.3 Å². The molecule has 0 bridgehead atoms. The molecule has 1 saturated heterocycles. The molecule has 4 heterocycles. The van der Waals surface area contributed by atoms with E-state index in [1.165, 1.54) is 22.1 Å². The number of aromatic nitrogens is 2. The van der Waals surface area contributed by atoms with Crippen LogP contribution in [0.1, 0.15) is 25.6 Å². The summed E-state index contributed by atoms with van der Waals surface area (Å²) in [5.74, 6) is 0.819. The highest BCUT2D eigenvalue weighted by atomic mass is 32.2. The number of aryl methyl sites for hydroxylation is 1. The molecule has 0 aliphatic carbocycles. The molecule has 10 nitrogen and oxygen atoms in total. The zero-order valence-corrected chi connectivity index (χ0v) is 19.8. The molecule has 0 radical (unpaired) electrons. The van der Waals surface area contributed by atoms with Crippen LogP contribution in [0.2, 0.25) is 0 Å². The van der Waals surface area contributed by atoms with E-state index < -0.39 is 10.0 Å². The summed E-state index contributed by atoms with van der Waals surface area (Å²) in [6.07, 6.45) is 4.52. The second-order valence-corrected chi connectivity index (χ2v) is 10.3. The number of pyridine rings is 2. The van der Waals surface area contributed by atoms with Gasteiger partial charge in [-0.1, -0.05) is 0 Å². The molecule has 3 aromatic heterocycles. The lowest BCUT2D eigenvalue weighted by Gasteiger charge is -2.36. The molecule has 176 valence electrons. The van der Waals surface area contributed by atoms with E-state index in [4.69, 9.17) is 4.42 Å². The lowest BCUT2D eigenvalue weighted by atomic mass is 10.1. The molecule has 11 heteroatoms. The molecule has 0 aromatic carbocycles. The molecule has 3 aromatic rings. The third-order valence-corrected chi connectivity index (χ3v) is 7.25. The summed E-state index contributed by atoms with van der Waals surface area (Å²) in [4.78, 5) is 30.6. The number of nitrogens with zero attached hydrogens (tertiary/aromatic N) is 4. The minimum absolute atomic E-state index is 0.135. The van der Waals surface area contributed by atoms with Gasteiger partial charge in [0.15, 0.2) is 0 Å². The number of fused-ring (bicyclic) bond motifs is 1. The third kappa shape index (κ3) is 4.70. The van der Waals surface area contributed by atoms with E-state index in [9.17, 15) is 18.0 Å². The zero-order chi connectivity index (χ0) is 23.9. The number of hydrogen-bond donors (Lipinski definition) is 1. The molecule has 1 aliphatic heterocycles. The van der Waals surface area contributed by atoms with Gasteiger partial charge in [-0.2, -0.15) is 4.31 Å². The summed E-state index contributed by atoms with van der Waals surface area (Å²) in [7, 11) is -1.53. The van der Waals surface area contributed by atoms with Gasteiger partial charge in [-0.05, 0) is 30.7 Å². The van der Waals surface area contributed by atoms with E-state index >= 15 is 0 Å². The van der Waals surface area contributed by atoms with Crippen LogP contribution in [0.15, 0.2) is 39.8 Å². The molecule has 1 atom stereocenters. The molecule has 0 saturated carbocycles. The summed E-state index contributed by atoms with van der Waals surface area (Å²) in [5.41, 5.74) is 1.76. The van der Waals surface area contributed by atoms with Gasteiger partial charge in [-0.3, -0.25) is 14.5 Å². The van der Waals surface area contributed by atoms with E-state index in [2.05, 4.69) is 15.2 Å². The second kappa shape index (κ2) is 8.73. The Morgan fingerprint density at radius 2 is 1.91 bits per heavy atom. The number of amides is 1. The highest BCUT2D eigenvalue weighted by Gasteiger charge is 2.28. The standard InChI is InChI=1S/C22H27N5O5S/c1-14(26-7-9-27(10-8-26)33(4,30)31)19-12-17-21(32-19)18(13-25(3)22(17)29)16-5-6-23-20(11-16)24-15(2)28/h5-6,11-14H,7-10H2,1-4H3,(H,23,24,28). The number of sulfonamides is 1. The fourth-order valence-corrected chi connectivity index (χ4v) is 4.96. The van der Waals surface area contributed by atoms with E-state index in [-0.39, 0.29) is 17.5 Å². The number of furan rings is 1. The molecule has 4 rings (SSSR count). The van der Waals surface area contributed by atoms with E-state index in [0.717, 1.165) is 5.56 Å². The minimum atomic E-state index is -3.21. The SMILES string of the molecule is CC(=O)Nc1cc(-c2cn(C)c(=O)c3cc(C(C)N4CCN(S(C)(=O)=O)CC4)oc23)ccn1. The molecule has 1 amide bonds. The monoisotopic (exact) mass is 473 g/mol. The Hall–Kier alpha value is -3.02. The van der Waals surface area contributed by atoms with Crippen LogP contribution in [0.25, 0.3) is 22.1 Å². The number of piperazine rings is 1. The van der Waals surface area contributed by atoms with Gasteiger partial charge < -0.3 is 14.3 Å². The first kappa shape index (κ1) is 23.1. The normalized spacial score (nSPS) is 16.7. The topological polar surface area (TPSA) is 118 Å². The fraction of sp³-hybridized carbons (Fsp3) is 0.409. The first-order valence-corrected chi connectivity index (χ1v) is 12.5. The molecule has 1 fully saturated rings. The van der Waals surface area contributed by atoms with Crippen LogP contribution in [0, 0.1) is 0 Å². The van der Waals surface area contributed by atoms with Crippen LogP contribution >= 0.6 is 0 Å². The largest absolute Gasteiger partial charge is 0.458 e. The maximum atomic E-state index is 12.8. The lowest BCUT2D eigenvalue weighted by molar-refractivity contribution is -0.114. The number of hydrogen-bond acceptors (Lipinski definition) is 7. The van der Waals surface area contributed by atoms with Crippen LogP contribution < -0.4 is 10.9 Å². The van der Waals surface area contributed by atoms with Gasteiger partial charge in [0.1, 0.15) is 17.2 Å². The quantitative estimate of drug-likeness (QED) is 0.600. The van der Waals surface area contributed by atoms with Gasteiger partial charge in [0.25, 0.3) is 5.56 Å². The van der Waals surface area contributed by atoms with Crippen LogP contribution in [-0.4, -0.2) is 65.5 Å². The number of anilines is 1. The van der Waals surface area contributed by atoms with Crippen molar-refractivity contribution in [2.24, 2.45) is 7.05 Å². The maximum absolute atomic E-state index is 12.8. The Morgan fingerprint density at radius 1 is 1.21 bits per heavy atom. The number of nitrogens with one attached hydrogen (secondary N) is 1. The Morgan fingerprint density at radius 3 is 2.55 bits per heavy atom. The predicted molar refractivity (Wildman–Crippen MR) is 125 cm³/mol. The summed E-state index contributed by atoms with van der Waals surface area (Å²) in [6, 6.07) is 5.16. The van der Waals surface area contributed by atoms with Crippen molar-refractivity contribution < 1.29 is 17.6 Å². The maximum Gasteiger partial charge on any atom is 0.261 e. The van der Waals surface area contributed by atoms with Crippen LogP contribution in [0.3, 0.4) is 0 Å². The third-order valence-electron chi connectivity index (χ3n) is 5.95. The van der Waals surface area contributed by atoms with Crippen molar-refractivity contribution in [2.45, 2.75) is 19.9 Å². The van der Waals surface area contributed by atoms with Crippen molar-refractivity contribution in [3.63, 3.8) is 0 Å². The average molecular weight is 474 g/mol. The highest BCUT2D eigenvalue weighted by molar-refractivity contribution is 7.88. The molecule has 1 aliphatic rings. The lowest BCUT2D eigenvalue weighted by Crippen LogP contribution is -2.48. The van der Waals surface area contributed by atoms with Gasteiger partial charge in [-0.25, -0.2) is 13.4 Å². The Balaban J connectivity index is 1.70. The van der Waals surface area contributed by atoms with Gasteiger partial charge in [0, 0.05) is 58.1 Å². The van der Waals surface area contributed by atoms with E-state index in [1.807, 2.05) is 6.92 Å². The molecule has 33 heavy (non-hydrogen) atoms. The van der Waals surface area contributed by atoms with Gasteiger partial charge in [0.2, 0.25) is 15.9 Å². The molecule has 0 spiro atoms. The number of carbonyl (C=O) groups excluding carboxylic acids is 1. The summed E-state index contributed by atoms with van der Waals surface area (Å²) < 4.78 is 32.8. The van der Waals surface area contributed by atoms with Crippen molar-refractivity contribution in [2.75, 3.05) is 37.8 Å². The molecular formula is C22H27N5O5S. The van der Waals surface area contributed by atoms with Crippen LogP contribution in [0.5, 0.6) is 0 Å². The molecular weight excluding hydrogens is 446 g/mol. The first-order chi connectivity index (χ1) is 15.5. The molecule has 1 N–H and O–H groups in total. The van der Waals surface area contributed by atoms with Crippen molar-refractivity contribution in [1.29, 1.82) is 0 Å². The second-order valence-electron chi connectivity index (χ2n) is 8.34. The fourth-order valence-electron chi connectivity index (χ4n) is 4.13. The first-order valence-electron chi connectivity index (χ1n) is 10.6. The summed E-state index contributed by atoms with van der Waals surface area (Å²) in [5, 5.41) is 3.13. The number of rotatable bonds is 5. The molecule has 1 unspecified atom stereocenters. The van der Waals surface area contributed by atoms with Gasteiger partial charge in [0.05, 0.1) is 17.7 Å². The predicted octanol–water partition coefficient (Wildman–Crippen LogP) is 1.79. The average Bonchev–Trinajstić information content (AvgIpc) is 3.21. The van der Waals surface area contributed by atoms with Crippen molar-refractivity contribution in [3.8, 4) is 11.1 Å². The number of carbonyl (C=O) groups is 1. The van der Waals surface area contributed by atoms with Crippen molar-refractivity contribution in [1.82, 2.24) is 18.8 Å². The van der Waals surface area contributed by atoms with Gasteiger partial charge >= 0.3 is 0 Å². The van der Waals surface area contributed by atoms with Crippen LogP contribution in [-0.2, 0) is 21.9 Å². The Bertz CT molecular complexity index is 1370. The van der Waals surface area contributed by atoms with Crippen molar-refractivity contribution in [3.05, 3.63) is 46.7 Å². The summed E-state index contributed by atoms with van der Waals surface area (Å²) >= 11 is 0. The Labute approximate surface area is 191 Å². The smallest absolute Gasteiger partial charge is 0.261 e.